The Kier molecular flexibility index (Phi) is 9.60. The van der Waals surface area contributed by atoms with Crippen LogP contribution in [0, 0.1) is 0 Å². The second kappa shape index (κ2) is 11.4. The fourth-order valence-corrected chi connectivity index (χ4v) is 2.30. The summed E-state index contributed by atoms with van der Waals surface area (Å²) >= 11 is 0. The van der Waals surface area contributed by atoms with Crippen LogP contribution in [0.25, 0.3) is 0 Å². The number of carbonyl (C=O) groups excluding carboxylic acids is 2. The molecule has 29 heavy (non-hydrogen) atoms. The summed E-state index contributed by atoms with van der Waals surface area (Å²) < 4.78 is 43.2. The first-order chi connectivity index (χ1) is 13.3. The van der Waals surface area contributed by atoms with E-state index in [0.717, 1.165) is 12.1 Å². The lowest BCUT2D eigenvalue weighted by Gasteiger charge is -2.11. The van der Waals surface area contributed by atoms with Crippen LogP contribution in [0.4, 0.5) is 24.5 Å². The monoisotopic (exact) mass is 431 g/mol. The molecule has 0 bridgehead atoms. The van der Waals surface area contributed by atoms with E-state index in [1.807, 2.05) is 0 Å². The fourth-order valence-electron chi connectivity index (χ4n) is 2.30. The van der Waals surface area contributed by atoms with Crippen LogP contribution in [0.1, 0.15) is 15.9 Å². The number of rotatable bonds is 8. The second-order valence-electron chi connectivity index (χ2n) is 5.83. The molecule has 0 spiro atoms. The van der Waals surface area contributed by atoms with Gasteiger partial charge in [-0.2, -0.15) is 13.2 Å². The van der Waals surface area contributed by atoms with Crippen LogP contribution in [0.5, 0.6) is 0 Å². The highest BCUT2D eigenvalue weighted by molar-refractivity contribution is 6.04. The number of halogens is 4. The van der Waals surface area contributed by atoms with Gasteiger partial charge in [-0.25, -0.2) is 0 Å². The molecule has 2 rings (SSSR count). The van der Waals surface area contributed by atoms with Gasteiger partial charge in [0.1, 0.15) is 0 Å². The van der Waals surface area contributed by atoms with Crippen LogP contribution >= 0.6 is 12.4 Å². The summed E-state index contributed by atoms with van der Waals surface area (Å²) in [5.41, 5.74) is -0.235. The summed E-state index contributed by atoms with van der Waals surface area (Å²) in [6.45, 7) is 1.09. The van der Waals surface area contributed by atoms with Crippen molar-refractivity contribution in [1.82, 2.24) is 5.32 Å². The highest BCUT2D eigenvalue weighted by Crippen LogP contribution is 2.29. The van der Waals surface area contributed by atoms with Crippen molar-refractivity contribution < 1.29 is 27.5 Å². The molecule has 158 valence electrons. The lowest BCUT2D eigenvalue weighted by Crippen LogP contribution is -2.30. The molecule has 2 aromatic rings. The Morgan fingerprint density at radius 1 is 1.00 bits per heavy atom. The Balaban J connectivity index is 0.00000420. The number of alkyl halides is 3. The average molecular weight is 432 g/mol. The van der Waals surface area contributed by atoms with Gasteiger partial charge in [0.2, 0.25) is 5.91 Å². The molecule has 0 unspecified atom stereocenters. The van der Waals surface area contributed by atoms with Crippen LogP contribution in [-0.2, 0) is 15.7 Å². The Morgan fingerprint density at radius 3 is 2.31 bits per heavy atom. The van der Waals surface area contributed by atoms with E-state index in [1.165, 1.54) is 18.2 Å². The van der Waals surface area contributed by atoms with E-state index in [0.29, 0.717) is 24.5 Å². The normalized spacial score (nSPS) is 10.8. The Hall–Kier alpha value is -2.62. The van der Waals surface area contributed by atoms with Gasteiger partial charge in [0, 0.05) is 30.6 Å². The maximum atomic E-state index is 12.8. The second-order valence-corrected chi connectivity index (χ2v) is 5.83. The van der Waals surface area contributed by atoms with Gasteiger partial charge in [0.25, 0.3) is 5.91 Å². The highest BCUT2D eigenvalue weighted by atomic mass is 35.5. The van der Waals surface area contributed by atoms with Crippen molar-refractivity contribution in [2.24, 2.45) is 0 Å². The number of hydrogen-bond donors (Lipinski definition) is 3. The molecule has 0 aliphatic heterocycles. The number of methoxy groups -OCH3 is 1. The summed E-state index contributed by atoms with van der Waals surface area (Å²) in [6.07, 6.45) is -4.53. The number of nitrogens with one attached hydrogen (secondary N) is 3. The van der Waals surface area contributed by atoms with Crippen LogP contribution < -0.4 is 16.0 Å². The van der Waals surface area contributed by atoms with Crippen molar-refractivity contribution in [1.29, 1.82) is 0 Å². The number of amides is 2. The Morgan fingerprint density at radius 2 is 1.66 bits per heavy atom. The summed E-state index contributed by atoms with van der Waals surface area (Å²) in [4.78, 5) is 24.1. The van der Waals surface area contributed by atoms with E-state index in [-0.39, 0.29) is 30.4 Å². The van der Waals surface area contributed by atoms with E-state index in [2.05, 4.69) is 16.0 Å². The summed E-state index contributed by atoms with van der Waals surface area (Å²) in [5.74, 6) is -0.965. The van der Waals surface area contributed by atoms with Crippen LogP contribution in [0.15, 0.2) is 48.5 Å². The molecule has 0 heterocycles. The number of benzene rings is 2. The third-order valence-corrected chi connectivity index (χ3v) is 3.62. The molecular weight excluding hydrogens is 411 g/mol. The maximum Gasteiger partial charge on any atom is 0.416 e. The van der Waals surface area contributed by atoms with Gasteiger partial charge in [-0.15, -0.1) is 12.4 Å². The van der Waals surface area contributed by atoms with E-state index >= 15 is 0 Å². The molecule has 0 aliphatic rings. The number of anilines is 2. The van der Waals surface area contributed by atoms with Gasteiger partial charge in [-0.05, 0) is 36.4 Å². The quantitative estimate of drug-likeness (QED) is 0.558. The van der Waals surface area contributed by atoms with Crippen molar-refractivity contribution in [2.45, 2.75) is 6.18 Å². The molecular formula is C19H21ClF3N3O3. The molecule has 2 amide bonds. The largest absolute Gasteiger partial charge is 0.416 e. The molecule has 0 saturated heterocycles. The van der Waals surface area contributed by atoms with Gasteiger partial charge in [-0.1, -0.05) is 12.1 Å². The van der Waals surface area contributed by atoms with Gasteiger partial charge < -0.3 is 20.7 Å². The fraction of sp³-hybridized carbons (Fsp3) is 0.263. The summed E-state index contributed by atoms with van der Waals surface area (Å²) in [6, 6.07) is 10.5. The smallest absolute Gasteiger partial charge is 0.383 e. The summed E-state index contributed by atoms with van der Waals surface area (Å²) in [7, 11) is 1.56. The standard InChI is InChI=1S/C19H20F3N3O3.ClH/c1-28-9-8-23-12-17(26)24-15-6-3-7-16(11-15)25-18(27)13-4-2-5-14(10-13)19(20,21)22;/h2-7,10-11,23H,8-9,12H2,1H3,(H,24,26)(H,25,27);1H. The maximum absolute atomic E-state index is 12.8. The van der Waals surface area contributed by atoms with Gasteiger partial charge in [0.05, 0.1) is 18.7 Å². The van der Waals surface area contributed by atoms with E-state index < -0.39 is 17.6 Å². The minimum absolute atomic E-state index is 0. The molecule has 3 N–H and O–H groups in total. The van der Waals surface area contributed by atoms with E-state index in [1.54, 1.807) is 25.3 Å². The van der Waals surface area contributed by atoms with Gasteiger partial charge in [-0.3, -0.25) is 9.59 Å². The number of hydrogen-bond acceptors (Lipinski definition) is 4. The van der Waals surface area contributed by atoms with Crippen molar-refractivity contribution in [3.63, 3.8) is 0 Å². The van der Waals surface area contributed by atoms with E-state index in [9.17, 15) is 22.8 Å². The molecule has 0 radical (unpaired) electrons. The Bertz CT molecular complexity index is 832. The lowest BCUT2D eigenvalue weighted by molar-refractivity contribution is -0.137. The molecule has 0 atom stereocenters. The number of carbonyl (C=O) groups is 2. The molecule has 0 saturated carbocycles. The Labute approximate surface area is 172 Å². The van der Waals surface area contributed by atoms with Crippen LogP contribution in [-0.4, -0.2) is 38.6 Å². The topological polar surface area (TPSA) is 79.5 Å². The van der Waals surface area contributed by atoms with Crippen molar-refractivity contribution in [3.05, 3.63) is 59.7 Å². The van der Waals surface area contributed by atoms with Gasteiger partial charge >= 0.3 is 6.18 Å². The first kappa shape index (κ1) is 24.4. The minimum Gasteiger partial charge on any atom is -0.383 e. The number of ether oxygens (including phenoxy) is 1. The highest BCUT2D eigenvalue weighted by Gasteiger charge is 2.30. The zero-order valence-electron chi connectivity index (χ0n) is 15.5. The SMILES string of the molecule is COCCNCC(=O)Nc1cccc(NC(=O)c2cccc(C(F)(F)F)c2)c1.Cl. The molecule has 0 fully saturated rings. The molecule has 0 aliphatic carbocycles. The van der Waals surface area contributed by atoms with Crippen molar-refractivity contribution >= 4 is 35.6 Å². The van der Waals surface area contributed by atoms with Crippen LogP contribution in [0.3, 0.4) is 0 Å². The lowest BCUT2D eigenvalue weighted by atomic mass is 10.1. The third kappa shape index (κ3) is 8.10. The predicted molar refractivity (Wildman–Crippen MR) is 106 cm³/mol. The third-order valence-electron chi connectivity index (χ3n) is 3.62. The van der Waals surface area contributed by atoms with Gasteiger partial charge in [0.15, 0.2) is 0 Å². The molecule has 0 aromatic heterocycles. The van der Waals surface area contributed by atoms with Crippen LogP contribution in [0.2, 0.25) is 0 Å². The molecule has 2 aromatic carbocycles. The summed E-state index contributed by atoms with van der Waals surface area (Å²) in [5, 5.41) is 8.07. The van der Waals surface area contributed by atoms with Crippen molar-refractivity contribution in [2.75, 3.05) is 37.4 Å². The minimum atomic E-state index is -4.53. The average Bonchev–Trinajstić information content (AvgIpc) is 2.65. The zero-order chi connectivity index (χ0) is 20.6. The zero-order valence-corrected chi connectivity index (χ0v) is 16.3. The molecule has 6 nitrogen and oxygen atoms in total. The first-order valence-electron chi connectivity index (χ1n) is 8.38. The molecule has 10 heteroatoms. The van der Waals surface area contributed by atoms with Crippen molar-refractivity contribution in [3.8, 4) is 0 Å². The first-order valence-corrected chi connectivity index (χ1v) is 8.38. The predicted octanol–water partition coefficient (Wildman–Crippen LogP) is 3.55. The van der Waals surface area contributed by atoms with E-state index in [4.69, 9.17) is 4.74 Å².